The normalized spacial score (nSPS) is 12.7. The van der Waals surface area contributed by atoms with Crippen LogP contribution in [0.2, 0.25) is 0 Å². The summed E-state index contributed by atoms with van der Waals surface area (Å²) in [6, 6.07) is 12.2. The third kappa shape index (κ3) is 4.73. The summed E-state index contributed by atoms with van der Waals surface area (Å²) in [6.07, 6.45) is 0. The molecule has 26 heavy (non-hydrogen) atoms. The van der Waals surface area contributed by atoms with E-state index in [1.807, 2.05) is 0 Å². The number of thioether (sulfide) groups is 1. The van der Waals surface area contributed by atoms with E-state index in [4.69, 9.17) is 4.74 Å². The van der Waals surface area contributed by atoms with Crippen molar-refractivity contribution in [2.75, 3.05) is 12.4 Å². The second-order valence-electron chi connectivity index (χ2n) is 5.23. The number of anilines is 1. The number of benzene rings is 2. The van der Waals surface area contributed by atoms with E-state index in [1.54, 1.807) is 38.3 Å². The van der Waals surface area contributed by atoms with Crippen molar-refractivity contribution < 1.29 is 26.7 Å². The number of para-hydroxylation sites is 1. The maximum Gasteiger partial charge on any atom is 0.341 e. The fourth-order valence-electron chi connectivity index (χ4n) is 2.06. The third-order valence-corrected chi connectivity index (χ3v) is 5.98. The topological polar surface area (TPSA) is 72.5 Å². The predicted molar refractivity (Wildman–Crippen MR) is 96.6 cm³/mol. The lowest BCUT2D eigenvalue weighted by atomic mass is 10.3. The molecule has 0 aliphatic carbocycles. The summed E-state index contributed by atoms with van der Waals surface area (Å²) >= 11 is 1.24. The summed E-state index contributed by atoms with van der Waals surface area (Å²) in [5, 5.41) is 1.84. The molecule has 0 radical (unpaired) electrons. The Morgan fingerprint density at radius 3 is 2.31 bits per heavy atom. The van der Waals surface area contributed by atoms with Crippen LogP contribution in [0.5, 0.6) is 5.75 Å². The highest BCUT2D eigenvalue weighted by Crippen LogP contribution is 2.29. The lowest BCUT2D eigenvalue weighted by Gasteiger charge is -2.15. The quantitative estimate of drug-likeness (QED) is 0.715. The molecule has 0 saturated carbocycles. The first-order valence-corrected chi connectivity index (χ1v) is 9.91. The van der Waals surface area contributed by atoms with Gasteiger partial charge >= 0.3 is 5.76 Å². The Balaban J connectivity index is 2.14. The summed E-state index contributed by atoms with van der Waals surface area (Å²) < 4.78 is 54.1. The predicted octanol–water partition coefficient (Wildman–Crippen LogP) is 3.81. The van der Waals surface area contributed by atoms with Crippen LogP contribution in [-0.4, -0.2) is 32.4 Å². The molecule has 1 N–H and O–H groups in total. The number of carbonyl (C=O) groups excluding carboxylic acids is 1. The van der Waals surface area contributed by atoms with Crippen molar-refractivity contribution in [1.29, 1.82) is 0 Å². The van der Waals surface area contributed by atoms with Gasteiger partial charge in [-0.15, -0.1) is 11.8 Å². The lowest BCUT2D eigenvalue weighted by molar-refractivity contribution is -0.115. The van der Waals surface area contributed by atoms with Gasteiger partial charge in [0.2, 0.25) is 15.7 Å². The highest BCUT2D eigenvalue weighted by Gasteiger charge is 2.30. The number of methoxy groups -OCH3 is 1. The summed E-state index contributed by atoms with van der Waals surface area (Å²) in [5.74, 6) is -3.38. The van der Waals surface area contributed by atoms with Crippen LogP contribution in [0.15, 0.2) is 58.3 Å². The molecule has 2 rings (SSSR count). The molecule has 5 nitrogen and oxygen atoms in total. The Morgan fingerprint density at radius 2 is 1.73 bits per heavy atom. The zero-order valence-corrected chi connectivity index (χ0v) is 15.6. The monoisotopic (exact) mass is 401 g/mol. The Hall–Kier alpha value is -2.13. The number of rotatable bonds is 7. The molecule has 0 aliphatic rings. The molecule has 0 heterocycles. The van der Waals surface area contributed by atoms with E-state index in [9.17, 15) is 22.0 Å². The molecule has 0 spiro atoms. The Morgan fingerprint density at radius 1 is 1.12 bits per heavy atom. The van der Waals surface area contributed by atoms with Crippen LogP contribution >= 0.6 is 11.8 Å². The summed E-state index contributed by atoms with van der Waals surface area (Å²) in [7, 11) is -3.27. The van der Waals surface area contributed by atoms with Crippen molar-refractivity contribution in [3.8, 4) is 5.75 Å². The molecule has 1 atom stereocenters. The summed E-state index contributed by atoms with van der Waals surface area (Å²) in [6.45, 7) is 1.63. The van der Waals surface area contributed by atoms with E-state index in [0.717, 1.165) is 11.0 Å². The van der Waals surface area contributed by atoms with Crippen molar-refractivity contribution >= 4 is 33.2 Å². The highest BCUT2D eigenvalue weighted by molar-refractivity contribution is 8.00. The van der Waals surface area contributed by atoms with E-state index < -0.39 is 31.6 Å². The first-order chi connectivity index (χ1) is 12.3. The van der Waals surface area contributed by atoms with E-state index in [0.29, 0.717) is 5.75 Å². The molecule has 0 aromatic heterocycles. The zero-order chi connectivity index (χ0) is 19.3. The number of amides is 1. The maximum atomic E-state index is 12.8. The van der Waals surface area contributed by atoms with Gasteiger partial charge in [0.25, 0.3) is 0 Å². The minimum Gasteiger partial charge on any atom is -0.497 e. The summed E-state index contributed by atoms with van der Waals surface area (Å²) in [5.41, 5.74) is -0.167. The van der Waals surface area contributed by atoms with Crippen LogP contribution in [-0.2, 0) is 14.6 Å². The van der Waals surface area contributed by atoms with Crippen molar-refractivity contribution in [2.24, 2.45) is 0 Å². The van der Waals surface area contributed by atoms with Crippen LogP contribution in [0, 0.1) is 0 Å². The van der Waals surface area contributed by atoms with Gasteiger partial charge in [0.05, 0.1) is 22.9 Å². The molecule has 1 amide bonds. The van der Waals surface area contributed by atoms with Gasteiger partial charge in [0.1, 0.15) is 5.75 Å². The van der Waals surface area contributed by atoms with Crippen LogP contribution in [0.4, 0.5) is 14.5 Å². The van der Waals surface area contributed by atoms with E-state index in [2.05, 4.69) is 5.32 Å². The molecule has 1 unspecified atom stereocenters. The fourth-order valence-corrected chi connectivity index (χ4v) is 3.81. The van der Waals surface area contributed by atoms with Crippen molar-refractivity contribution in [2.45, 2.75) is 27.7 Å². The number of sulfone groups is 1. The molecule has 140 valence electrons. The third-order valence-electron chi connectivity index (χ3n) is 3.43. The number of alkyl halides is 2. The van der Waals surface area contributed by atoms with Gasteiger partial charge < -0.3 is 10.1 Å². The van der Waals surface area contributed by atoms with Crippen molar-refractivity contribution in [3.63, 3.8) is 0 Å². The van der Waals surface area contributed by atoms with Gasteiger partial charge in [0, 0.05) is 4.90 Å². The first kappa shape index (κ1) is 20.2. The second-order valence-corrected chi connectivity index (χ2v) is 8.53. The number of nitrogens with one attached hydrogen (secondary N) is 1. The second kappa shape index (κ2) is 8.50. The molecule has 2 aromatic carbocycles. The standard InChI is InChI=1S/C17H17F2NO4S2/c1-11(25-13-9-7-12(24-2)8-10-13)16(21)20-14-5-3-4-6-15(14)26(22,23)17(18)19/h3-11,17H,1-2H3,(H,20,21). The van der Waals surface area contributed by atoms with Gasteiger partial charge in [-0.1, -0.05) is 12.1 Å². The van der Waals surface area contributed by atoms with Gasteiger partial charge in [-0.2, -0.15) is 8.78 Å². The molecule has 0 saturated heterocycles. The Labute approximate surface area is 154 Å². The largest absolute Gasteiger partial charge is 0.497 e. The number of ether oxygens (including phenoxy) is 1. The smallest absolute Gasteiger partial charge is 0.341 e. The van der Waals surface area contributed by atoms with E-state index >= 15 is 0 Å². The highest BCUT2D eigenvalue weighted by atomic mass is 32.2. The number of hydrogen-bond acceptors (Lipinski definition) is 5. The molecule has 9 heteroatoms. The van der Waals surface area contributed by atoms with Gasteiger partial charge in [0.15, 0.2) is 0 Å². The Kier molecular flexibility index (Phi) is 6.60. The van der Waals surface area contributed by atoms with Gasteiger partial charge in [-0.3, -0.25) is 4.79 Å². The molecule has 0 fully saturated rings. The molecular formula is C17H17F2NO4S2. The molecule has 0 aliphatic heterocycles. The van der Waals surface area contributed by atoms with Crippen LogP contribution in [0.25, 0.3) is 0 Å². The molecular weight excluding hydrogens is 384 g/mol. The van der Waals surface area contributed by atoms with Crippen molar-refractivity contribution in [1.82, 2.24) is 0 Å². The summed E-state index contributed by atoms with van der Waals surface area (Å²) in [4.78, 5) is 12.6. The number of carbonyl (C=O) groups is 1. The van der Waals surface area contributed by atoms with E-state index in [-0.39, 0.29) is 5.69 Å². The van der Waals surface area contributed by atoms with Crippen LogP contribution < -0.4 is 10.1 Å². The average Bonchev–Trinajstić information content (AvgIpc) is 2.62. The molecule has 0 bridgehead atoms. The Bertz CT molecular complexity index is 871. The van der Waals surface area contributed by atoms with Crippen molar-refractivity contribution in [3.05, 3.63) is 48.5 Å². The minimum atomic E-state index is -4.81. The minimum absolute atomic E-state index is 0.167. The SMILES string of the molecule is COc1ccc(SC(C)C(=O)Nc2ccccc2S(=O)(=O)C(F)F)cc1. The van der Waals surface area contributed by atoms with E-state index in [1.165, 1.54) is 30.0 Å². The van der Waals surface area contributed by atoms with Crippen LogP contribution in [0.3, 0.4) is 0 Å². The van der Waals surface area contributed by atoms with Gasteiger partial charge in [-0.25, -0.2) is 8.42 Å². The average molecular weight is 401 g/mol. The van der Waals surface area contributed by atoms with Crippen LogP contribution in [0.1, 0.15) is 6.92 Å². The number of hydrogen-bond donors (Lipinski definition) is 1. The lowest BCUT2D eigenvalue weighted by Crippen LogP contribution is -2.24. The molecule has 2 aromatic rings. The number of halogens is 2. The first-order valence-electron chi connectivity index (χ1n) is 7.48. The van der Waals surface area contributed by atoms with Gasteiger partial charge in [-0.05, 0) is 43.3 Å². The zero-order valence-electron chi connectivity index (χ0n) is 14.0. The maximum absolute atomic E-state index is 12.8. The fraction of sp³-hybridized carbons (Fsp3) is 0.235.